The van der Waals surface area contributed by atoms with Crippen LogP contribution in [0.3, 0.4) is 0 Å². The Morgan fingerprint density at radius 2 is 1.67 bits per heavy atom. The van der Waals surface area contributed by atoms with E-state index in [0.29, 0.717) is 16.5 Å². The molecule has 0 amide bonds. The molecular formula is C18H18Cl2F2O2. The van der Waals surface area contributed by atoms with E-state index in [1.807, 2.05) is 26.0 Å². The van der Waals surface area contributed by atoms with Crippen LogP contribution in [0.15, 0.2) is 36.4 Å². The van der Waals surface area contributed by atoms with Gasteiger partial charge in [-0.3, -0.25) is 4.79 Å². The van der Waals surface area contributed by atoms with Crippen molar-refractivity contribution >= 4 is 35.3 Å². The lowest BCUT2D eigenvalue weighted by Gasteiger charge is -1.97. The van der Waals surface area contributed by atoms with Crippen molar-refractivity contribution < 1.29 is 18.4 Å². The van der Waals surface area contributed by atoms with Crippen molar-refractivity contribution in [3.05, 3.63) is 69.2 Å². The third-order valence-electron chi connectivity index (χ3n) is 2.64. The molecule has 0 aromatic heterocycles. The molecule has 2 aromatic rings. The summed E-state index contributed by atoms with van der Waals surface area (Å²) in [5.41, 5.74) is 0.814. The second-order valence-corrected chi connectivity index (χ2v) is 5.39. The zero-order chi connectivity index (χ0) is 18.7. The van der Waals surface area contributed by atoms with Crippen LogP contribution in [0.5, 0.6) is 0 Å². The van der Waals surface area contributed by atoms with Crippen LogP contribution in [0.2, 0.25) is 10.0 Å². The molecule has 2 aromatic carbocycles. The van der Waals surface area contributed by atoms with E-state index in [1.165, 1.54) is 19.1 Å². The maximum Gasteiger partial charge on any atom is 0.169 e. The summed E-state index contributed by atoms with van der Waals surface area (Å²) >= 11 is 11.4. The molecule has 0 aliphatic rings. The van der Waals surface area contributed by atoms with Crippen LogP contribution in [0, 0.1) is 18.6 Å². The van der Waals surface area contributed by atoms with Crippen molar-refractivity contribution in [3.63, 3.8) is 0 Å². The highest BCUT2D eigenvalue weighted by atomic mass is 35.5. The lowest BCUT2D eigenvalue weighted by molar-refractivity contribution is -0.107. The van der Waals surface area contributed by atoms with Crippen molar-refractivity contribution in [1.29, 1.82) is 0 Å². The minimum Gasteiger partial charge on any atom is -0.303 e. The Bertz CT molecular complexity index is 668. The summed E-state index contributed by atoms with van der Waals surface area (Å²) in [6.45, 7) is 4.93. The van der Waals surface area contributed by atoms with Gasteiger partial charge in [0.2, 0.25) is 0 Å². The van der Waals surface area contributed by atoms with Crippen molar-refractivity contribution in [3.8, 4) is 0 Å². The number of aldehydes is 1. The molecule has 130 valence electrons. The van der Waals surface area contributed by atoms with Crippen LogP contribution < -0.4 is 0 Å². The second-order valence-electron chi connectivity index (χ2n) is 4.60. The molecule has 6 heteroatoms. The summed E-state index contributed by atoms with van der Waals surface area (Å²) in [7, 11) is 0. The van der Waals surface area contributed by atoms with Gasteiger partial charge in [0, 0.05) is 6.42 Å². The van der Waals surface area contributed by atoms with Gasteiger partial charge in [-0.1, -0.05) is 48.3 Å². The molecule has 0 N–H and O–H groups in total. The smallest absolute Gasteiger partial charge is 0.169 e. The Morgan fingerprint density at radius 3 is 2.04 bits per heavy atom. The quantitative estimate of drug-likeness (QED) is 0.472. The summed E-state index contributed by atoms with van der Waals surface area (Å²) in [4.78, 5) is 19.8. The molecule has 0 bridgehead atoms. The normalized spacial score (nSPS) is 9.12. The van der Waals surface area contributed by atoms with E-state index < -0.39 is 17.4 Å². The van der Waals surface area contributed by atoms with E-state index in [2.05, 4.69) is 0 Å². The monoisotopic (exact) mass is 374 g/mol. The molecule has 0 radical (unpaired) electrons. The summed E-state index contributed by atoms with van der Waals surface area (Å²) in [5, 5.41) is 1.27. The standard InChI is InChI=1S/C8H6F2O.C7H6Cl2.C3H6O/c1-5(11)6-3-2-4-7(9)8(6)10;1-5-3-2-4-6(8)7(5)9;1-2-3-4/h2-4H,1H3;2-4H,1H3;3H,2H2,1H3. The molecule has 0 aliphatic heterocycles. The number of halogens is 4. The van der Waals surface area contributed by atoms with Gasteiger partial charge in [-0.05, 0) is 37.6 Å². The number of ketones is 1. The molecule has 0 atom stereocenters. The first-order valence-corrected chi connectivity index (χ1v) is 7.81. The third kappa shape index (κ3) is 7.66. The molecule has 0 spiro atoms. The molecule has 2 rings (SSSR count). The number of carbonyl (C=O) groups is 2. The Labute approximate surface area is 150 Å². The lowest BCUT2D eigenvalue weighted by Crippen LogP contribution is -1.98. The van der Waals surface area contributed by atoms with Crippen LogP contribution >= 0.6 is 23.2 Å². The van der Waals surface area contributed by atoms with Gasteiger partial charge in [0.25, 0.3) is 0 Å². The van der Waals surface area contributed by atoms with Crippen LogP contribution in [0.25, 0.3) is 0 Å². The zero-order valence-corrected chi connectivity index (χ0v) is 15.1. The maximum atomic E-state index is 12.7. The number of aryl methyl sites for hydroxylation is 1. The Balaban J connectivity index is 0.000000367. The highest BCUT2D eigenvalue weighted by Gasteiger charge is 2.10. The maximum absolute atomic E-state index is 12.7. The minimum atomic E-state index is -1.07. The predicted octanol–water partition coefficient (Wildman–Crippen LogP) is 6.06. The van der Waals surface area contributed by atoms with Crippen molar-refractivity contribution in [1.82, 2.24) is 0 Å². The SMILES string of the molecule is CC(=O)c1cccc(F)c1F.CCC=O.Cc1cccc(Cl)c1Cl. The summed E-state index contributed by atoms with van der Waals surface area (Å²) in [6, 6.07) is 9.10. The van der Waals surface area contributed by atoms with Gasteiger partial charge in [0.05, 0.1) is 15.6 Å². The average molecular weight is 375 g/mol. The van der Waals surface area contributed by atoms with Crippen LogP contribution in [-0.4, -0.2) is 12.1 Å². The molecule has 0 aliphatic carbocycles. The number of hydrogen-bond acceptors (Lipinski definition) is 2. The first kappa shape index (κ1) is 22.2. The summed E-state index contributed by atoms with van der Waals surface area (Å²) in [5.74, 6) is -2.53. The van der Waals surface area contributed by atoms with Crippen molar-refractivity contribution in [2.75, 3.05) is 0 Å². The molecule has 0 heterocycles. The minimum absolute atomic E-state index is 0.204. The van der Waals surface area contributed by atoms with E-state index >= 15 is 0 Å². The number of hydrogen-bond donors (Lipinski definition) is 0. The van der Waals surface area contributed by atoms with Gasteiger partial charge < -0.3 is 4.79 Å². The van der Waals surface area contributed by atoms with Gasteiger partial charge in [0.15, 0.2) is 17.4 Å². The molecule has 24 heavy (non-hydrogen) atoms. The number of rotatable bonds is 2. The molecule has 0 unspecified atom stereocenters. The van der Waals surface area contributed by atoms with Gasteiger partial charge >= 0.3 is 0 Å². The topological polar surface area (TPSA) is 34.1 Å². The second kappa shape index (κ2) is 11.7. The highest BCUT2D eigenvalue weighted by molar-refractivity contribution is 6.42. The fraction of sp³-hybridized carbons (Fsp3) is 0.222. The molecule has 2 nitrogen and oxygen atoms in total. The van der Waals surface area contributed by atoms with E-state index in [1.54, 1.807) is 6.07 Å². The molecule has 0 saturated carbocycles. The van der Waals surface area contributed by atoms with Crippen LogP contribution in [0.4, 0.5) is 8.78 Å². The number of carbonyl (C=O) groups excluding carboxylic acids is 2. The Morgan fingerprint density at radius 1 is 1.12 bits per heavy atom. The van der Waals surface area contributed by atoms with E-state index in [-0.39, 0.29) is 5.56 Å². The van der Waals surface area contributed by atoms with E-state index in [9.17, 15) is 18.4 Å². The first-order valence-electron chi connectivity index (χ1n) is 7.05. The molecule has 0 fully saturated rings. The lowest BCUT2D eigenvalue weighted by atomic mass is 10.1. The van der Waals surface area contributed by atoms with Crippen molar-refractivity contribution in [2.24, 2.45) is 0 Å². The molecular weight excluding hydrogens is 357 g/mol. The number of Topliss-reactive ketones (excluding diaryl/α,β-unsaturated/α-hetero) is 1. The van der Waals surface area contributed by atoms with Crippen LogP contribution in [-0.2, 0) is 4.79 Å². The van der Waals surface area contributed by atoms with Crippen molar-refractivity contribution in [2.45, 2.75) is 27.2 Å². The summed E-state index contributed by atoms with van der Waals surface area (Å²) in [6.07, 6.45) is 1.51. The van der Waals surface area contributed by atoms with E-state index in [4.69, 9.17) is 23.2 Å². The Hall–Kier alpha value is -1.78. The largest absolute Gasteiger partial charge is 0.303 e. The fourth-order valence-electron chi connectivity index (χ4n) is 1.39. The Kier molecular flexibility index (Phi) is 10.8. The zero-order valence-electron chi connectivity index (χ0n) is 13.6. The first-order chi connectivity index (χ1) is 11.3. The fourth-order valence-corrected chi connectivity index (χ4v) is 1.74. The predicted molar refractivity (Wildman–Crippen MR) is 93.9 cm³/mol. The number of benzene rings is 2. The third-order valence-corrected chi connectivity index (χ3v) is 3.56. The summed E-state index contributed by atoms with van der Waals surface area (Å²) < 4.78 is 25.1. The van der Waals surface area contributed by atoms with Gasteiger partial charge in [-0.15, -0.1) is 0 Å². The van der Waals surface area contributed by atoms with Gasteiger partial charge in [0.1, 0.15) is 6.29 Å². The molecule has 0 saturated heterocycles. The average Bonchev–Trinajstić information content (AvgIpc) is 2.55. The van der Waals surface area contributed by atoms with Gasteiger partial charge in [-0.25, -0.2) is 8.78 Å². The highest BCUT2D eigenvalue weighted by Crippen LogP contribution is 2.24. The van der Waals surface area contributed by atoms with Gasteiger partial charge in [-0.2, -0.15) is 0 Å². The van der Waals surface area contributed by atoms with E-state index in [0.717, 1.165) is 17.9 Å². The van der Waals surface area contributed by atoms with Crippen LogP contribution in [0.1, 0.15) is 36.2 Å².